The molecule has 2 rings (SSSR count). The summed E-state index contributed by atoms with van der Waals surface area (Å²) < 4.78 is 2.44. The Labute approximate surface area is 146 Å². The molecule has 0 spiro atoms. The van der Waals surface area contributed by atoms with Gasteiger partial charge < -0.3 is 5.32 Å². The zero-order valence-electron chi connectivity index (χ0n) is 13.6. The fourth-order valence-electron chi connectivity index (χ4n) is 3.64. The summed E-state index contributed by atoms with van der Waals surface area (Å²) in [6.45, 7) is 10.3. The maximum absolute atomic E-state index is 3.82. The van der Waals surface area contributed by atoms with E-state index in [1.165, 1.54) is 45.8 Å². The fraction of sp³-hybridized carbons (Fsp3) is 0.667. The Morgan fingerprint density at radius 3 is 2.57 bits per heavy atom. The first kappa shape index (κ1) is 17.5. The van der Waals surface area contributed by atoms with Gasteiger partial charge in [0.15, 0.2) is 0 Å². The monoisotopic (exact) mass is 415 g/mol. The molecule has 3 heteroatoms. The van der Waals surface area contributed by atoms with Crippen molar-refractivity contribution in [1.82, 2.24) is 5.32 Å². The number of aryl methyl sites for hydroxylation is 1. The van der Waals surface area contributed by atoms with Gasteiger partial charge in [-0.3, -0.25) is 0 Å². The first-order valence-corrected chi connectivity index (χ1v) is 9.64. The van der Waals surface area contributed by atoms with E-state index in [0.717, 1.165) is 6.54 Å². The minimum atomic E-state index is 0.419. The van der Waals surface area contributed by atoms with Gasteiger partial charge in [0.25, 0.3) is 0 Å². The molecular weight excluding hydrogens is 390 g/mol. The van der Waals surface area contributed by atoms with Gasteiger partial charge in [0.05, 0.1) is 0 Å². The predicted octanol–water partition coefficient (Wildman–Crippen LogP) is 6.39. The SMILES string of the molecule is CCCNC(c1cc(Br)c(C)cc1Br)C1CCCC1(C)C. The first-order valence-electron chi connectivity index (χ1n) is 8.05. The average Bonchev–Trinajstić information content (AvgIpc) is 2.75. The molecule has 1 saturated carbocycles. The maximum Gasteiger partial charge on any atom is 0.0365 e. The van der Waals surface area contributed by atoms with E-state index in [9.17, 15) is 0 Å². The zero-order valence-corrected chi connectivity index (χ0v) is 16.8. The quantitative estimate of drug-likeness (QED) is 0.586. The molecule has 0 aliphatic heterocycles. The van der Waals surface area contributed by atoms with Crippen molar-refractivity contribution in [2.24, 2.45) is 11.3 Å². The molecule has 1 N–H and O–H groups in total. The van der Waals surface area contributed by atoms with Gasteiger partial charge in [-0.25, -0.2) is 0 Å². The van der Waals surface area contributed by atoms with E-state index in [1.807, 2.05) is 0 Å². The average molecular weight is 417 g/mol. The third-order valence-corrected chi connectivity index (χ3v) is 6.51. The number of halogens is 2. The summed E-state index contributed by atoms with van der Waals surface area (Å²) in [7, 11) is 0. The van der Waals surface area contributed by atoms with Gasteiger partial charge in [-0.15, -0.1) is 0 Å². The minimum absolute atomic E-state index is 0.419. The molecule has 1 aliphatic rings. The van der Waals surface area contributed by atoms with Crippen LogP contribution in [0.2, 0.25) is 0 Å². The molecule has 1 fully saturated rings. The molecule has 1 aromatic carbocycles. The molecule has 21 heavy (non-hydrogen) atoms. The zero-order chi connectivity index (χ0) is 15.6. The van der Waals surface area contributed by atoms with Gasteiger partial charge in [0.1, 0.15) is 0 Å². The third kappa shape index (κ3) is 3.92. The van der Waals surface area contributed by atoms with Crippen LogP contribution in [0.25, 0.3) is 0 Å². The number of benzene rings is 1. The van der Waals surface area contributed by atoms with Crippen molar-refractivity contribution in [2.75, 3.05) is 6.54 Å². The number of nitrogens with one attached hydrogen (secondary N) is 1. The van der Waals surface area contributed by atoms with Crippen LogP contribution in [0.1, 0.15) is 63.6 Å². The van der Waals surface area contributed by atoms with Crippen molar-refractivity contribution in [3.05, 3.63) is 32.2 Å². The highest BCUT2D eigenvalue weighted by molar-refractivity contribution is 9.11. The molecule has 118 valence electrons. The summed E-state index contributed by atoms with van der Waals surface area (Å²) in [6.07, 6.45) is 5.19. The van der Waals surface area contributed by atoms with Crippen LogP contribution in [0.5, 0.6) is 0 Å². The Hall–Kier alpha value is 0.140. The molecule has 2 unspecified atom stereocenters. The fourth-order valence-corrected chi connectivity index (χ4v) is 4.71. The minimum Gasteiger partial charge on any atom is -0.310 e. The molecule has 1 aromatic rings. The molecular formula is C18H27Br2N. The van der Waals surface area contributed by atoms with Gasteiger partial charge in [-0.2, -0.15) is 0 Å². The molecule has 0 amide bonds. The van der Waals surface area contributed by atoms with E-state index in [2.05, 4.69) is 77.0 Å². The van der Waals surface area contributed by atoms with Gasteiger partial charge in [0.2, 0.25) is 0 Å². The summed E-state index contributed by atoms with van der Waals surface area (Å²) in [5.74, 6) is 0.704. The van der Waals surface area contributed by atoms with Crippen LogP contribution in [0.4, 0.5) is 0 Å². The highest BCUT2D eigenvalue weighted by atomic mass is 79.9. The summed E-state index contributed by atoms with van der Waals surface area (Å²) in [5.41, 5.74) is 3.11. The topological polar surface area (TPSA) is 12.0 Å². The smallest absolute Gasteiger partial charge is 0.0365 e. The highest BCUT2D eigenvalue weighted by Crippen LogP contribution is 2.50. The van der Waals surface area contributed by atoms with E-state index in [4.69, 9.17) is 0 Å². The van der Waals surface area contributed by atoms with Crippen LogP contribution in [0.15, 0.2) is 21.1 Å². The second-order valence-corrected chi connectivity index (χ2v) is 8.75. The van der Waals surface area contributed by atoms with Gasteiger partial charge >= 0.3 is 0 Å². The lowest BCUT2D eigenvalue weighted by molar-refractivity contribution is 0.197. The lowest BCUT2D eigenvalue weighted by Gasteiger charge is -2.36. The van der Waals surface area contributed by atoms with Gasteiger partial charge in [0, 0.05) is 15.0 Å². The Kier molecular flexibility index (Phi) is 5.95. The molecule has 0 radical (unpaired) electrons. The molecule has 2 atom stereocenters. The summed E-state index contributed by atoms with van der Waals surface area (Å²) in [4.78, 5) is 0. The van der Waals surface area contributed by atoms with Crippen LogP contribution in [0, 0.1) is 18.3 Å². The van der Waals surface area contributed by atoms with Crippen molar-refractivity contribution < 1.29 is 0 Å². The van der Waals surface area contributed by atoms with Crippen LogP contribution in [-0.2, 0) is 0 Å². The van der Waals surface area contributed by atoms with Crippen LogP contribution in [-0.4, -0.2) is 6.54 Å². The van der Waals surface area contributed by atoms with Crippen molar-refractivity contribution in [2.45, 2.75) is 59.4 Å². The number of rotatable bonds is 5. The van der Waals surface area contributed by atoms with Crippen molar-refractivity contribution in [3.8, 4) is 0 Å². The van der Waals surface area contributed by atoms with E-state index in [0.29, 0.717) is 17.4 Å². The van der Waals surface area contributed by atoms with Gasteiger partial charge in [-0.1, -0.05) is 59.1 Å². The third-order valence-electron chi connectivity index (χ3n) is 4.97. The lowest BCUT2D eigenvalue weighted by Crippen LogP contribution is -2.34. The lowest BCUT2D eigenvalue weighted by atomic mass is 9.75. The summed E-state index contributed by atoms with van der Waals surface area (Å²) in [6, 6.07) is 4.98. The molecule has 0 heterocycles. The molecule has 1 nitrogen and oxygen atoms in total. The predicted molar refractivity (Wildman–Crippen MR) is 98.7 cm³/mol. The van der Waals surface area contributed by atoms with E-state index in [1.54, 1.807) is 0 Å². The molecule has 0 saturated heterocycles. The second kappa shape index (κ2) is 7.14. The summed E-state index contributed by atoms with van der Waals surface area (Å²) in [5, 5.41) is 3.82. The van der Waals surface area contributed by atoms with Crippen LogP contribution in [0.3, 0.4) is 0 Å². The van der Waals surface area contributed by atoms with Crippen LogP contribution >= 0.6 is 31.9 Å². The van der Waals surface area contributed by atoms with Crippen LogP contribution < -0.4 is 5.32 Å². The number of hydrogen-bond donors (Lipinski definition) is 1. The van der Waals surface area contributed by atoms with Gasteiger partial charge in [-0.05, 0) is 67.3 Å². The van der Waals surface area contributed by atoms with E-state index in [-0.39, 0.29) is 0 Å². The first-order chi connectivity index (χ1) is 9.86. The largest absolute Gasteiger partial charge is 0.310 e. The summed E-state index contributed by atoms with van der Waals surface area (Å²) >= 11 is 7.50. The number of hydrogen-bond acceptors (Lipinski definition) is 1. The Morgan fingerprint density at radius 2 is 2.00 bits per heavy atom. The molecule has 0 bridgehead atoms. The standard InChI is InChI=1S/C18H27Br2N/c1-5-9-21-17(14-7-6-8-18(14,3)4)13-11-15(19)12(2)10-16(13)20/h10-11,14,17,21H,5-9H2,1-4H3. The maximum atomic E-state index is 3.82. The molecule has 1 aliphatic carbocycles. The molecule has 0 aromatic heterocycles. The Morgan fingerprint density at radius 1 is 1.29 bits per heavy atom. The second-order valence-electron chi connectivity index (χ2n) is 7.04. The highest BCUT2D eigenvalue weighted by Gasteiger charge is 2.40. The Balaban J connectivity index is 2.38. The normalized spacial score (nSPS) is 22.5. The van der Waals surface area contributed by atoms with Crippen molar-refractivity contribution >= 4 is 31.9 Å². The van der Waals surface area contributed by atoms with Crippen molar-refractivity contribution in [3.63, 3.8) is 0 Å². The van der Waals surface area contributed by atoms with E-state index < -0.39 is 0 Å². The van der Waals surface area contributed by atoms with E-state index >= 15 is 0 Å². The van der Waals surface area contributed by atoms with Crippen molar-refractivity contribution in [1.29, 1.82) is 0 Å². The Bertz CT molecular complexity index is 496.